The minimum Gasteiger partial charge on any atom is -0.377 e. The van der Waals surface area contributed by atoms with E-state index in [-0.39, 0.29) is 5.78 Å². The third-order valence-electron chi connectivity index (χ3n) is 4.79. The molecule has 2 aromatic rings. The number of carbonyl (C=O) groups excluding carboxylic acids is 1. The van der Waals surface area contributed by atoms with Gasteiger partial charge >= 0.3 is 0 Å². The predicted molar refractivity (Wildman–Crippen MR) is 97.1 cm³/mol. The highest BCUT2D eigenvalue weighted by Gasteiger charge is 2.21. The van der Waals surface area contributed by atoms with E-state index in [1.807, 2.05) is 0 Å². The summed E-state index contributed by atoms with van der Waals surface area (Å²) in [6, 6.07) is 4.66. The predicted octanol–water partition coefficient (Wildman–Crippen LogP) is 3.44. The van der Waals surface area contributed by atoms with E-state index in [1.165, 1.54) is 27.6 Å². The molecule has 4 nitrogen and oxygen atoms in total. The van der Waals surface area contributed by atoms with Crippen molar-refractivity contribution in [2.75, 3.05) is 13.2 Å². The van der Waals surface area contributed by atoms with Gasteiger partial charge in [-0.3, -0.25) is 4.90 Å². The molecule has 0 spiro atoms. The summed E-state index contributed by atoms with van der Waals surface area (Å²) < 4.78 is 7.87. The van der Waals surface area contributed by atoms with Crippen LogP contribution in [-0.2, 0) is 36.1 Å². The maximum Gasteiger partial charge on any atom is 0.130 e. The Labute approximate surface area is 144 Å². The van der Waals surface area contributed by atoms with Crippen LogP contribution in [0.5, 0.6) is 0 Å². The maximum absolute atomic E-state index is 11.3. The SMILES string of the molecule is CC(=O)CCc1cn(C)c2cc3c(cc12)CN(CCOC(C)C)C3. The molecule has 4 heteroatoms. The topological polar surface area (TPSA) is 34.5 Å². The Morgan fingerprint density at radius 3 is 2.62 bits per heavy atom. The molecule has 0 aliphatic carbocycles. The first-order valence-electron chi connectivity index (χ1n) is 8.87. The molecule has 0 unspecified atom stereocenters. The van der Waals surface area contributed by atoms with Gasteiger partial charge in [0.25, 0.3) is 0 Å². The molecule has 1 aliphatic heterocycles. The summed E-state index contributed by atoms with van der Waals surface area (Å²) in [6.45, 7) is 9.58. The molecular formula is C20H28N2O2. The standard InChI is InChI=1S/C20H28N2O2/c1-14(2)24-8-7-22-12-17-9-19-16(6-5-15(3)23)11-21(4)20(19)10-18(17)13-22/h9-11,14H,5-8,12-13H2,1-4H3. The Hall–Kier alpha value is -1.65. The first-order chi connectivity index (χ1) is 11.4. The molecule has 0 N–H and O–H groups in total. The molecule has 1 aromatic heterocycles. The van der Waals surface area contributed by atoms with Crippen LogP contribution < -0.4 is 0 Å². The summed E-state index contributed by atoms with van der Waals surface area (Å²) in [4.78, 5) is 13.8. The Kier molecular flexibility index (Phi) is 5.07. The van der Waals surface area contributed by atoms with Crippen molar-refractivity contribution in [1.29, 1.82) is 0 Å². The van der Waals surface area contributed by atoms with Gasteiger partial charge in [0.1, 0.15) is 5.78 Å². The zero-order valence-electron chi connectivity index (χ0n) is 15.3. The molecule has 0 radical (unpaired) electrons. The second-order valence-corrected chi connectivity index (χ2v) is 7.24. The van der Waals surface area contributed by atoms with Crippen LogP contribution in [0.25, 0.3) is 10.9 Å². The fraction of sp³-hybridized carbons (Fsp3) is 0.550. The molecule has 0 atom stereocenters. The van der Waals surface area contributed by atoms with Gasteiger partial charge in [-0.25, -0.2) is 0 Å². The number of ether oxygens (including phenoxy) is 1. The molecule has 0 saturated carbocycles. The van der Waals surface area contributed by atoms with Gasteiger partial charge in [0.2, 0.25) is 0 Å². The second-order valence-electron chi connectivity index (χ2n) is 7.24. The van der Waals surface area contributed by atoms with E-state index in [0.717, 1.165) is 32.7 Å². The number of hydrogen-bond acceptors (Lipinski definition) is 3. The Bertz CT molecular complexity index is 746. The van der Waals surface area contributed by atoms with Crippen molar-refractivity contribution >= 4 is 16.7 Å². The van der Waals surface area contributed by atoms with E-state index in [9.17, 15) is 4.79 Å². The van der Waals surface area contributed by atoms with E-state index in [0.29, 0.717) is 12.5 Å². The number of benzene rings is 1. The summed E-state index contributed by atoms with van der Waals surface area (Å²) >= 11 is 0. The first kappa shape index (κ1) is 17.2. The van der Waals surface area contributed by atoms with Gasteiger partial charge in [-0.2, -0.15) is 0 Å². The fourth-order valence-electron chi connectivity index (χ4n) is 3.52. The van der Waals surface area contributed by atoms with Crippen molar-refractivity contribution in [1.82, 2.24) is 9.47 Å². The van der Waals surface area contributed by atoms with E-state index in [2.05, 4.69) is 48.7 Å². The third kappa shape index (κ3) is 3.70. The highest BCUT2D eigenvalue weighted by atomic mass is 16.5. The van der Waals surface area contributed by atoms with Crippen molar-refractivity contribution in [2.24, 2.45) is 7.05 Å². The number of aromatic nitrogens is 1. The van der Waals surface area contributed by atoms with Crippen molar-refractivity contribution < 1.29 is 9.53 Å². The Balaban J connectivity index is 1.77. The van der Waals surface area contributed by atoms with Crippen molar-refractivity contribution in [3.63, 3.8) is 0 Å². The van der Waals surface area contributed by atoms with E-state index in [1.54, 1.807) is 6.92 Å². The first-order valence-corrected chi connectivity index (χ1v) is 8.87. The third-order valence-corrected chi connectivity index (χ3v) is 4.79. The van der Waals surface area contributed by atoms with Gasteiger partial charge in [-0.05, 0) is 56.0 Å². The lowest BCUT2D eigenvalue weighted by atomic mass is 10.0. The zero-order valence-corrected chi connectivity index (χ0v) is 15.3. The lowest BCUT2D eigenvalue weighted by Crippen LogP contribution is -2.23. The van der Waals surface area contributed by atoms with Crippen LogP contribution in [0.4, 0.5) is 0 Å². The lowest BCUT2D eigenvalue weighted by Gasteiger charge is -2.15. The molecule has 1 aromatic carbocycles. The quantitative estimate of drug-likeness (QED) is 0.781. The van der Waals surface area contributed by atoms with E-state index >= 15 is 0 Å². The van der Waals surface area contributed by atoms with Gasteiger partial charge in [-0.15, -0.1) is 0 Å². The number of carbonyl (C=O) groups is 1. The second kappa shape index (κ2) is 7.08. The van der Waals surface area contributed by atoms with Crippen LogP contribution in [-0.4, -0.2) is 34.5 Å². The van der Waals surface area contributed by atoms with E-state index in [4.69, 9.17) is 4.74 Å². The summed E-state index contributed by atoms with van der Waals surface area (Å²) in [5, 5.41) is 1.30. The minimum atomic E-state index is 0.254. The number of rotatable bonds is 7. The Morgan fingerprint density at radius 1 is 1.25 bits per heavy atom. The summed E-state index contributed by atoms with van der Waals surface area (Å²) in [5.41, 5.74) is 5.40. The largest absolute Gasteiger partial charge is 0.377 e. The van der Waals surface area contributed by atoms with Crippen LogP contribution in [0, 0.1) is 0 Å². The van der Waals surface area contributed by atoms with E-state index < -0.39 is 0 Å². The molecule has 24 heavy (non-hydrogen) atoms. The zero-order chi connectivity index (χ0) is 17.3. The van der Waals surface area contributed by atoms with Crippen molar-refractivity contribution in [3.8, 4) is 0 Å². The Morgan fingerprint density at radius 2 is 1.96 bits per heavy atom. The number of fused-ring (bicyclic) bond motifs is 2. The number of nitrogens with zero attached hydrogens (tertiary/aromatic N) is 2. The lowest BCUT2D eigenvalue weighted by molar-refractivity contribution is -0.116. The monoisotopic (exact) mass is 328 g/mol. The van der Waals surface area contributed by atoms with Crippen LogP contribution >= 0.6 is 0 Å². The number of hydrogen-bond donors (Lipinski definition) is 0. The molecule has 3 rings (SSSR count). The average Bonchev–Trinajstić information content (AvgIpc) is 3.03. The normalized spacial score (nSPS) is 14.7. The molecule has 0 saturated heterocycles. The van der Waals surface area contributed by atoms with Crippen molar-refractivity contribution in [3.05, 3.63) is 35.0 Å². The number of Topliss-reactive ketones (excluding diaryl/α,β-unsaturated/α-hetero) is 1. The average molecular weight is 328 g/mol. The minimum absolute atomic E-state index is 0.254. The summed E-state index contributed by atoms with van der Waals surface area (Å²) in [5.74, 6) is 0.254. The maximum atomic E-state index is 11.3. The molecule has 130 valence electrons. The molecule has 2 heterocycles. The van der Waals surface area contributed by atoms with Gasteiger partial charge < -0.3 is 14.1 Å². The molecule has 0 bridgehead atoms. The van der Waals surface area contributed by atoms with Crippen LogP contribution in [0.2, 0.25) is 0 Å². The smallest absolute Gasteiger partial charge is 0.130 e. The van der Waals surface area contributed by atoms with Crippen LogP contribution in [0.15, 0.2) is 18.3 Å². The number of aryl methyl sites for hydroxylation is 2. The van der Waals surface area contributed by atoms with Gasteiger partial charge in [0, 0.05) is 50.2 Å². The fourth-order valence-corrected chi connectivity index (χ4v) is 3.52. The highest BCUT2D eigenvalue weighted by Crippen LogP contribution is 2.30. The van der Waals surface area contributed by atoms with Gasteiger partial charge in [-0.1, -0.05) is 0 Å². The molecule has 0 fully saturated rings. The van der Waals surface area contributed by atoms with Crippen LogP contribution in [0.1, 0.15) is 43.9 Å². The number of ketones is 1. The summed E-state index contributed by atoms with van der Waals surface area (Å²) in [7, 11) is 2.09. The molecule has 1 aliphatic rings. The van der Waals surface area contributed by atoms with Crippen LogP contribution in [0.3, 0.4) is 0 Å². The van der Waals surface area contributed by atoms with Crippen molar-refractivity contribution in [2.45, 2.75) is 52.8 Å². The summed E-state index contributed by atoms with van der Waals surface area (Å²) in [6.07, 6.45) is 3.92. The van der Waals surface area contributed by atoms with Gasteiger partial charge in [0.15, 0.2) is 0 Å². The molecule has 0 amide bonds. The highest BCUT2D eigenvalue weighted by molar-refractivity contribution is 5.86. The molecular weight excluding hydrogens is 300 g/mol. The van der Waals surface area contributed by atoms with Gasteiger partial charge in [0.05, 0.1) is 12.7 Å².